The lowest BCUT2D eigenvalue weighted by Crippen LogP contribution is -2.47. The Morgan fingerprint density at radius 2 is 1.52 bits per heavy atom. The number of carbonyl (C=O) groups excluding carboxylic acids is 2. The predicted octanol–water partition coefficient (Wildman–Crippen LogP) is 3.40. The number of amides is 2. The Balaban J connectivity index is 1.71. The average molecular weight is 420 g/mol. The van der Waals surface area contributed by atoms with Gasteiger partial charge < -0.3 is 14.5 Å². The van der Waals surface area contributed by atoms with Gasteiger partial charge in [-0.15, -0.1) is 0 Å². The molecule has 2 aromatic carbocycles. The average Bonchev–Trinajstić information content (AvgIpc) is 3.08. The van der Waals surface area contributed by atoms with E-state index in [1.54, 1.807) is 12.1 Å². The van der Waals surface area contributed by atoms with Crippen molar-refractivity contribution >= 4 is 23.1 Å². The lowest BCUT2D eigenvalue weighted by molar-refractivity contribution is -0.120. The first kappa shape index (κ1) is 21.1. The molecule has 0 aromatic heterocycles. The molecule has 0 saturated carbocycles. The largest absolute Gasteiger partial charge is 0.494 e. The molecule has 0 unspecified atom stereocenters. The van der Waals surface area contributed by atoms with E-state index in [2.05, 4.69) is 23.6 Å². The van der Waals surface area contributed by atoms with Crippen molar-refractivity contribution in [2.75, 3.05) is 44.2 Å². The number of carbonyl (C=O) groups is 2. The monoisotopic (exact) mass is 419 g/mol. The van der Waals surface area contributed by atoms with Gasteiger partial charge in [0.1, 0.15) is 11.4 Å². The van der Waals surface area contributed by atoms with Gasteiger partial charge in [-0.3, -0.25) is 9.59 Å². The molecule has 6 heteroatoms. The first-order valence-corrected chi connectivity index (χ1v) is 11.0. The zero-order chi connectivity index (χ0) is 21.8. The molecule has 162 valence electrons. The van der Waals surface area contributed by atoms with Gasteiger partial charge in [0.05, 0.1) is 17.9 Å². The molecule has 0 atom stereocenters. The van der Waals surface area contributed by atoms with Gasteiger partial charge in [0.2, 0.25) is 0 Å². The number of rotatable bonds is 7. The minimum atomic E-state index is -0.272. The SMILES string of the molecule is CCCOc1ccc(C2=C(N3CCN(CC)CC3)C(=O)N(c3ccccc3)C2=O)cc1. The van der Waals surface area contributed by atoms with Crippen LogP contribution in [0.25, 0.3) is 5.57 Å². The number of anilines is 1. The van der Waals surface area contributed by atoms with Gasteiger partial charge in [0, 0.05) is 26.2 Å². The van der Waals surface area contributed by atoms with Crippen molar-refractivity contribution in [1.29, 1.82) is 0 Å². The Morgan fingerprint density at radius 1 is 0.839 bits per heavy atom. The summed E-state index contributed by atoms with van der Waals surface area (Å²) in [6.45, 7) is 9.05. The van der Waals surface area contributed by atoms with Gasteiger partial charge in [0.25, 0.3) is 11.8 Å². The Hall–Kier alpha value is -3.12. The number of para-hydroxylation sites is 1. The van der Waals surface area contributed by atoms with Crippen LogP contribution in [0.2, 0.25) is 0 Å². The molecule has 4 rings (SSSR count). The summed E-state index contributed by atoms with van der Waals surface area (Å²) in [6.07, 6.45) is 0.930. The van der Waals surface area contributed by atoms with Crippen molar-refractivity contribution in [3.63, 3.8) is 0 Å². The van der Waals surface area contributed by atoms with Gasteiger partial charge in [-0.25, -0.2) is 4.90 Å². The molecule has 0 aliphatic carbocycles. The van der Waals surface area contributed by atoms with E-state index in [9.17, 15) is 9.59 Å². The van der Waals surface area contributed by atoms with E-state index < -0.39 is 0 Å². The van der Waals surface area contributed by atoms with Crippen LogP contribution >= 0.6 is 0 Å². The van der Waals surface area contributed by atoms with E-state index >= 15 is 0 Å². The van der Waals surface area contributed by atoms with Crippen LogP contribution in [0.5, 0.6) is 5.75 Å². The second-order valence-corrected chi connectivity index (χ2v) is 7.80. The number of ether oxygens (including phenoxy) is 1. The number of likely N-dealkylation sites (N-methyl/N-ethyl adjacent to an activating group) is 1. The summed E-state index contributed by atoms with van der Waals surface area (Å²) in [5, 5.41) is 0. The van der Waals surface area contributed by atoms with E-state index in [0.717, 1.165) is 50.5 Å². The molecule has 6 nitrogen and oxygen atoms in total. The minimum absolute atomic E-state index is 0.248. The first-order valence-electron chi connectivity index (χ1n) is 11.0. The zero-order valence-electron chi connectivity index (χ0n) is 18.2. The molecular weight excluding hydrogens is 390 g/mol. The molecule has 0 N–H and O–H groups in total. The highest BCUT2D eigenvalue weighted by Gasteiger charge is 2.42. The van der Waals surface area contributed by atoms with Gasteiger partial charge in [0.15, 0.2) is 0 Å². The van der Waals surface area contributed by atoms with E-state index in [1.165, 1.54) is 4.90 Å². The fourth-order valence-electron chi connectivity index (χ4n) is 4.11. The number of nitrogens with zero attached hydrogens (tertiary/aromatic N) is 3. The zero-order valence-corrected chi connectivity index (χ0v) is 18.2. The molecule has 2 aliphatic rings. The van der Waals surface area contributed by atoms with Gasteiger partial charge in [-0.2, -0.15) is 0 Å². The molecule has 2 aliphatic heterocycles. The molecular formula is C25H29N3O3. The molecule has 0 bridgehead atoms. The van der Waals surface area contributed by atoms with Crippen LogP contribution in [0.15, 0.2) is 60.3 Å². The summed E-state index contributed by atoms with van der Waals surface area (Å²) >= 11 is 0. The lowest BCUT2D eigenvalue weighted by atomic mass is 10.0. The van der Waals surface area contributed by atoms with Crippen LogP contribution < -0.4 is 9.64 Å². The number of piperazine rings is 1. The number of imide groups is 1. The van der Waals surface area contributed by atoms with Crippen molar-refractivity contribution in [1.82, 2.24) is 9.80 Å². The molecule has 2 amide bonds. The molecule has 2 aromatic rings. The maximum atomic E-state index is 13.5. The smallest absolute Gasteiger partial charge is 0.282 e. The minimum Gasteiger partial charge on any atom is -0.494 e. The highest BCUT2D eigenvalue weighted by atomic mass is 16.5. The maximum Gasteiger partial charge on any atom is 0.282 e. The van der Waals surface area contributed by atoms with Crippen molar-refractivity contribution < 1.29 is 14.3 Å². The predicted molar refractivity (Wildman–Crippen MR) is 122 cm³/mol. The van der Waals surface area contributed by atoms with E-state index in [0.29, 0.717) is 23.6 Å². The van der Waals surface area contributed by atoms with E-state index in [-0.39, 0.29) is 11.8 Å². The highest BCUT2D eigenvalue weighted by molar-refractivity contribution is 6.45. The summed E-state index contributed by atoms with van der Waals surface area (Å²) in [6, 6.07) is 16.6. The molecule has 1 fully saturated rings. The highest BCUT2D eigenvalue weighted by Crippen LogP contribution is 2.35. The standard InChI is InChI=1S/C25H29N3O3/c1-3-18-31-21-12-10-19(11-13-21)22-23(27-16-14-26(4-2)15-17-27)25(30)28(24(22)29)20-8-6-5-7-9-20/h5-13H,3-4,14-18H2,1-2H3. The fourth-order valence-corrected chi connectivity index (χ4v) is 4.11. The maximum absolute atomic E-state index is 13.5. The fraction of sp³-hybridized carbons (Fsp3) is 0.360. The molecule has 31 heavy (non-hydrogen) atoms. The summed E-state index contributed by atoms with van der Waals surface area (Å²) in [5.74, 6) is 0.245. The Morgan fingerprint density at radius 3 is 2.13 bits per heavy atom. The third-order valence-corrected chi connectivity index (χ3v) is 5.83. The first-order chi connectivity index (χ1) is 15.1. The van der Waals surface area contributed by atoms with E-state index in [4.69, 9.17) is 4.74 Å². The van der Waals surface area contributed by atoms with Gasteiger partial charge in [-0.1, -0.05) is 44.2 Å². The van der Waals surface area contributed by atoms with Crippen LogP contribution in [0.4, 0.5) is 5.69 Å². The number of hydrogen-bond acceptors (Lipinski definition) is 5. The van der Waals surface area contributed by atoms with Crippen LogP contribution in [-0.2, 0) is 9.59 Å². The second-order valence-electron chi connectivity index (χ2n) is 7.80. The number of hydrogen-bond donors (Lipinski definition) is 0. The van der Waals surface area contributed by atoms with Crippen molar-refractivity contribution in [2.24, 2.45) is 0 Å². The van der Waals surface area contributed by atoms with E-state index in [1.807, 2.05) is 42.5 Å². The van der Waals surface area contributed by atoms with Gasteiger partial charge >= 0.3 is 0 Å². The summed E-state index contributed by atoms with van der Waals surface area (Å²) in [7, 11) is 0. The van der Waals surface area contributed by atoms with Crippen LogP contribution in [0.1, 0.15) is 25.8 Å². The Labute approximate surface area is 183 Å². The Bertz CT molecular complexity index is 961. The Kier molecular flexibility index (Phi) is 6.37. The topological polar surface area (TPSA) is 53.1 Å². The molecule has 0 spiro atoms. The van der Waals surface area contributed by atoms with Gasteiger partial charge in [-0.05, 0) is 42.8 Å². The van der Waals surface area contributed by atoms with Crippen LogP contribution in [-0.4, -0.2) is 60.9 Å². The van der Waals surface area contributed by atoms with Crippen molar-refractivity contribution in [3.05, 3.63) is 65.9 Å². The third kappa shape index (κ3) is 4.21. The normalized spacial score (nSPS) is 17.6. The number of benzene rings is 2. The second kappa shape index (κ2) is 9.35. The molecule has 2 heterocycles. The van der Waals surface area contributed by atoms with Crippen LogP contribution in [0.3, 0.4) is 0 Å². The van der Waals surface area contributed by atoms with Crippen LogP contribution in [0, 0.1) is 0 Å². The summed E-state index contributed by atoms with van der Waals surface area (Å²) in [4.78, 5) is 32.8. The summed E-state index contributed by atoms with van der Waals surface area (Å²) < 4.78 is 5.68. The summed E-state index contributed by atoms with van der Waals surface area (Å²) in [5.41, 5.74) is 2.32. The third-order valence-electron chi connectivity index (χ3n) is 5.83. The van der Waals surface area contributed by atoms with Crippen molar-refractivity contribution in [3.8, 4) is 5.75 Å². The lowest BCUT2D eigenvalue weighted by Gasteiger charge is -2.36. The quantitative estimate of drug-likeness (QED) is 0.644. The molecule has 0 radical (unpaired) electrons. The molecule has 1 saturated heterocycles. The van der Waals surface area contributed by atoms with Crippen molar-refractivity contribution in [2.45, 2.75) is 20.3 Å².